The summed E-state index contributed by atoms with van der Waals surface area (Å²) in [6.45, 7) is 9.10. The van der Waals surface area contributed by atoms with Gasteiger partial charge in [0.2, 0.25) is 0 Å². The van der Waals surface area contributed by atoms with Gasteiger partial charge in [0.15, 0.2) is 0 Å². The third-order valence-electron chi connectivity index (χ3n) is 3.38. The largest absolute Gasteiger partial charge is 0.346 e. The molecule has 0 saturated carbocycles. The van der Waals surface area contributed by atoms with E-state index in [1.165, 1.54) is 5.69 Å². The van der Waals surface area contributed by atoms with E-state index < -0.39 is 0 Å². The molecule has 4 nitrogen and oxygen atoms in total. The summed E-state index contributed by atoms with van der Waals surface area (Å²) >= 11 is 6.30. The van der Waals surface area contributed by atoms with Crippen LogP contribution in [0.5, 0.6) is 0 Å². The van der Waals surface area contributed by atoms with Crippen LogP contribution in [-0.4, -0.2) is 20.9 Å². The zero-order valence-electron chi connectivity index (χ0n) is 12.7. The Labute approximate surface area is 125 Å². The summed E-state index contributed by atoms with van der Waals surface area (Å²) in [6, 6.07) is 4.22. The summed E-state index contributed by atoms with van der Waals surface area (Å²) in [6.07, 6.45) is 2.09. The Balaban J connectivity index is 2.08. The molecule has 2 aromatic rings. The first-order chi connectivity index (χ1) is 9.49. The van der Waals surface area contributed by atoms with E-state index >= 15 is 0 Å². The predicted molar refractivity (Wildman–Crippen MR) is 83.0 cm³/mol. The van der Waals surface area contributed by atoms with E-state index in [9.17, 15) is 0 Å². The van der Waals surface area contributed by atoms with Crippen molar-refractivity contribution in [1.82, 2.24) is 19.7 Å². The van der Waals surface area contributed by atoms with Crippen LogP contribution >= 0.6 is 11.6 Å². The Morgan fingerprint density at radius 1 is 1.40 bits per heavy atom. The van der Waals surface area contributed by atoms with Gasteiger partial charge in [0.25, 0.3) is 0 Å². The number of halogens is 1. The molecule has 0 spiro atoms. The average molecular weight is 295 g/mol. The minimum atomic E-state index is 0.661. The van der Waals surface area contributed by atoms with Crippen LogP contribution in [0.2, 0.25) is 5.15 Å². The maximum atomic E-state index is 6.30. The Hall–Kier alpha value is -1.26. The summed E-state index contributed by atoms with van der Waals surface area (Å²) in [7, 11) is 1.87. The highest BCUT2D eigenvalue weighted by atomic mass is 35.5. The molecular weight excluding hydrogens is 272 g/mol. The van der Waals surface area contributed by atoms with Crippen LogP contribution in [0.4, 0.5) is 0 Å². The molecule has 1 N–H and O–H groups in total. The van der Waals surface area contributed by atoms with Crippen LogP contribution in [-0.2, 0) is 20.1 Å². The molecule has 2 aromatic heterocycles. The van der Waals surface area contributed by atoms with Gasteiger partial charge in [-0.15, -0.1) is 0 Å². The van der Waals surface area contributed by atoms with Crippen LogP contribution in [0.15, 0.2) is 18.3 Å². The van der Waals surface area contributed by atoms with E-state index in [0.29, 0.717) is 5.92 Å². The topological polar surface area (TPSA) is 34.8 Å². The minimum absolute atomic E-state index is 0.661. The highest BCUT2D eigenvalue weighted by Gasteiger charge is 2.12. The second-order valence-corrected chi connectivity index (χ2v) is 5.99. The molecule has 0 bridgehead atoms. The van der Waals surface area contributed by atoms with Crippen molar-refractivity contribution >= 4 is 11.6 Å². The molecule has 0 atom stereocenters. The zero-order chi connectivity index (χ0) is 14.7. The molecular formula is C15H23ClN4. The highest BCUT2D eigenvalue weighted by Crippen LogP contribution is 2.20. The molecule has 0 unspecified atom stereocenters. The summed E-state index contributed by atoms with van der Waals surface area (Å²) < 4.78 is 3.95. The third-order valence-corrected chi connectivity index (χ3v) is 3.85. The normalized spacial score (nSPS) is 11.5. The van der Waals surface area contributed by atoms with E-state index in [1.54, 1.807) is 4.68 Å². The molecule has 2 heterocycles. The standard InChI is InChI=1S/C15H23ClN4/c1-11(2)8-17-9-13-6-5-7-20(13)10-14-12(3)18-19(4)15(14)16/h5-7,11,17H,8-10H2,1-4H3. The predicted octanol–water partition coefficient (Wildman–Crippen LogP) is 2.98. The lowest BCUT2D eigenvalue weighted by Crippen LogP contribution is -2.21. The number of rotatable bonds is 6. The first kappa shape index (κ1) is 15.1. The quantitative estimate of drug-likeness (QED) is 0.889. The lowest BCUT2D eigenvalue weighted by molar-refractivity contribution is 0.539. The van der Waals surface area contributed by atoms with Crippen molar-refractivity contribution in [1.29, 1.82) is 0 Å². The van der Waals surface area contributed by atoms with Gasteiger partial charge in [-0.2, -0.15) is 5.10 Å². The van der Waals surface area contributed by atoms with Crippen LogP contribution in [0.3, 0.4) is 0 Å². The van der Waals surface area contributed by atoms with Crippen molar-refractivity contribution in [3.05, 3.63) is 40.4 Å². The van der Waals surface area contributed by atoms with E-state index in [0.717, 1.165) is 36.0 Å². The fourth-order valence-corrected chi connectivity index (χ4v) is 2.51. The lowest BCUT2D eigenvalue weighted by Gasteiger charge is -2.11. The van der Waals surface area contributed by atoms with Gasteiger partial charge in [-0.25, -0.2) is 0 Å². The lowest BCUT2D eigenvalue weighted by atomic mass is 10.2. The molecule has 0 aliphatic rings. The first-order valence-electron chi connectivity index (χ1n) is 7.01. The molecule has 0 aliphatic heterocycles. The highest BCUT2D eigenvalue weighted by molar-refractivity contribution is 6.30. The zero-order valence-corrected chi connectivity index (χ0v) is 13.4. The van der Waals surface area contributed by atoms with E-state index in [2.05, 4.69) is 47.2 Å². The molecule has 2 rings (SSSR count). The van der Waals surface area contributed by atoms with Crippen LogP contribution < -0.4 is 5.32 Å². The van der Waals surface area contributed by atoms with Gasteiger partial charge in [-0.1, -0.05) is 25.4 Å². The molecule has 0 saturated heterocycles. The van der Waals surface area contributed by atoms with Gasteiger partial charge in [0, 0.05) is 31.0 Å². The van der Waals surface area contributed by atoms with Crippen molar-refractivity contribution in [2.24, 2.45) is 13.0 Å². The summed E-state index contributed by atoms with van der Waals surface area (Å²) in [5.41, 5.74) is 3.35. The number of aromatic nitrogens is 3. The first-order valence-corrected chi connectivity index (χ1v) is 7.39. The smallest absolute Gasteiger partial charge is 0.131 e. The number of aryl methyl sites for hydroxylation is 2. The fraction of sp³-hybridized carbons (Fsp3) is 0.533. The summed E-state index contributed by atoms with van der Waals surface area (Å²) in [5.74, 6) is 0.661. The second-order valence-electron chi connectivity index (χ2n) is 5.63. The minimum Gasteiger partial charge on any atom is -0.346 e. The van der Waals surface area contributed by atoms with Gasteiger partial charge < -0.3 is 9.88 Å². The van der Waals surface area contributed by atoms with Crippen LogP contribution in [0.1, 0.15) is 30.8 Å². The molecule has 0 amide bonds. The maximum Gasteiger partial charge on any atom is 0.131 e. The van der Waals surface area contributed by atoms with Crippen molar-refractivity contribution in [3.8, 4) is 0 Å². The van der Waals surface area contributed by atoms with Crippen LogP contribution in [0, 0.1) is 12.8 Å². The second kappa shape index (κ2) is 6.46. The number of nitrogens with one attached hydrogen (secondary N) is 1. The Bertz CT molecular complexity index is 568. The monoisotopic (exact) mass is 294 g/mol. The van der Waals surface area contributed by atoms with Gasteiger partial charge in [0.05, 0.1) is 12.2 Å². The van der Waals surface area contributed by atoms with Crippen molar-refractivity contribution in [2.45, 2.75) is 33.9 Å². The van der Waals surface area contributed by atoms with E-state index in [4.69, 9.17) is 11.6 Å². The van der Waals surface area contributed by atoms with Crippen molar-refractivity contribution in [2.75, 3.05) is 6.54 Å². The Kier molecular flexibility index (Phi) is 4.89. The maximum absolute atomic E-state index is 6.30. The molecule has 0 aromatic carbocycles. The van der Waals surface area contributed by atoms with Gasteiger partial charge >= 0.3 is 0 Å². The number of hydrogen-bond donors (Lipinski definition) is 1. The molecule has 110 valence electrons. The van der Waals surface area contributed by atoms with Gasteiger partial charge in [-0.05, 0) is 31.5 Å². The molecule has 0 radical (unpaired) electrons. The molecule has 5 heteroatoms. The molecule has 20 heavy (non-hydrogen) atoms. The Morgan fingerprint density at radius 2 is 2.15 bits per heavy atom. The third kappa shape index (κ3) is 3.44. The van der Waals surface area contributed by atoms with Gasteiger partial charge in [-0.3, -0.25) is 4.68 Å². The number of nitrogens with zero attached hydrogens (tertiary/aromatic N) is 3. The van der Waals surface area contributed by atoms with Crippen molar-refractivity contribution in [3.63, 3.8) is 0 Å². The van der Waals surface area contributed by atoms with Crippen molar-refractivity contribution < 1.29 is 0 Å². The summed E-state index contributed by atoms with van der Waals surface area (Å²) in [5, 5.41) is 8.55. The van der Waals surface area contributed by atoms with Crippen LogP contribution in [0.25, 0.3) is 0 Å². The number of hydrogen-bond acceptors (Lipinski definition) is 2. The van der Waals surface area contributed by atoms with E-state index in [1.807, 2.05) is 14.0 Å². The molecule has 0 fully saturated rings. The SMILES string of the molecule is Cc1nn(C)c(Cl)c1Cn1cccc1CNCC(C)C. The molecule has 0 aliphatic carbocycles. The fourth-order valence-electron chi connectivity index (χ4n) is 2.28. The summed E-state index contributed by atoms with van der Waals surface area (Å²) in [4.78, 5) is 0. The Morgan fingerprint density at radius 3 is 2.75 bits per heavy atom. The van der Waals surface area contributed by atoms with E-state index in [-0.39, 0.29) is 0 Å². The average Bonchev–Trinajstić information content (AvgIpc) is 2.90. The van der Waals surface area contributed by atoms with Gasteiger partial charge in [0.1, 0.15) is 5.15 Å².